The van der Waals surface area contributed by atoms with Gasteiger partial charge in [0, 0.05) is 0 Å². The highest BCUT2D eigenvalue weighted by atomic mass is 32.2. The number of carbonyl (C=O) groups is 2. The molecular weight excluding hydrogens is 362 g/mol. The van der Waals surface area contributed by atoms with Crippen molar-refractivity contribution in [2.24, 2.45) is 0 Å². The average molecular weight is 382 g/mol. The molecule has 2 rings (SSSR count). The van der Waals surface area contributed by atoms with Gasteiger partial charge in [0.2, 0.25) is 5.91 Å². The summed E-state index contributed by atoms with van der Waals surface area (Å²) in [7, 11) is 0. The Morgan fingerprint density at radius 1 is 1.19 bits per heavy atom. The van der Waals surface area contributed by atoms with E-state index in [-0.39, 0.29) is 5.76 Å². The Bertz CT molecular complexity index is 753. The molecule has 2 atom stereocenters. The smallest absolute Gasteiger partial charge is 0.287 e. The molecule has 1 heterocycles. The summed E-state index contributed by atoms with van der Waals surface area (Å²) >= 11 is 1.54. The summed E-state index contributed by atoms with van der Waals surface area (Å²) in [5, 5.41) is 5.36. The highest BCUT2D eigenvalue weighted by Gasteiger charge is 2.24. The third-order valence-corrected chi connectivity index (χ3v) is 4.42. The van der Waals surface area contributed by atoms with Gasteiger partial charge >= 0.3 is 0 Å². The topological polar surface area (TPSA) is 71.3 Å². The molecule has 0 fully saturated rings. The van der Waals surface area contributed by atoms with Gasteiger partial charge < -0.3 is 15.1 Å². The molecule has 8 heteroatoms. The van der Waals surface area contributed by atoms with E-state index in [9.17, 15) is 18.4 Å². The number of amides is 2. The van der Waals surface area contributed by atoms with Crippen LogP contribution in [0.2, 0.25) is 0 Å². The lowest BCUT2D eigenvalue weighted by atomic mass is 10.1. The van der Waals surface area contributed by atoms with Crippen LogP contribution in [-0.4, -0.2) is 29.9 Å². The van der Waals surface area contributed by atoms with Crippen molar-refractivity contribution in [2.45, 2.75) is 25.4 Å². The maximum Gasteiger partial charge on any atom is 0.287 e. The summed E-state index contributed by atoms with van der Waals surface area (Å²) in [5.74, 6) is -2.05. The van der Waals surface area contributed by atoms with Gasteiger partial charge in [0.25, 0.3) is 5.91 Å². The third kappa shape index (κ3) is 5.32. The molecule has 0 aliphatic rings. The fourth-order valence-corrected chi connectivity index (χ4v) is 2.79. The van der Waals surface area contributed by atoms with Crippen molar-refractivity contribution in [3.05, 3.63) is 59.6 Å². The zero-order valence-corrected chi connectivity index (χ0v) is 15.2. The number of furan rings is 1. The van der Waals surface area contributed by atoms with Crippen LogP contribution in [0.3, 0.4) is 0 Å². The predicted octanol–water partition coefficient (Wildman–Crippen LogP) is 3.29. The van der Waals surface area contributed by atoms with Crippen LogP contribution in [0, 0.1) is 11.6 Å². The Hall–Kier alpha value is -2.35. The fraction of sp³-hybridized carbons (Fsp3) is 0.333. The largest absolute Gasteiger partial charge is 0.459 e. The lowest BCUT2D eigenvalue weighted by Gasteiger charge is -2.21. The first kappa shape index (κ1) is 20.0. The minimum absolute atomic E-state index is 0.112. The molecule has 0 saturated heterocycles. The van der Waals surface area contributed by atoms with Gasteiger partial charge in [-0.3, -0.25) is 9.59 Å². The molecule has 2 aromatic rings. The molecule has 0 radical (unpaired) electrons. The van der Waals surface area contributed by atoms with E-state index < -0.39 is 35.5 Å². The summed E-state index contributed by atoms with van der Waals surface area (Å²) < 4.78 is 31.5. The molecular formula is C18H20F2N2O3S. The number of carbonyl (C=O) groups excluding carboxylic acids is 2. The number of hydrogen-bond acceptors (Lipinski definition) is 4. The first-order valence-corrected chi connectivity index (χ1v) is 9.40. The van der Waals surface area contributed by atoms with E-state index >= 15 is 0 Å². The minimum atomic E-state index is -0.978. The first-order valence-electron chi connectivity index (χ1n) is 8.01. The Balaban J connectivity index is 2.05. The standard InChI is InChI=1S/C18H20F2N2O3S/c1-11(12-5-6-13(19)14(20)10-12)21-17(23)15(7-9-26-2)22-18(24)16-4-3-8-25-16/h3-6,8,10-11,15H,7,9H2,1-2H3,(H,21,23)(H,22,24). The van der Waals surface area contributed by atoms with E-state index in [1.807, 2.05) is 6.26 Å². The van der Waals surface area contributed by atoms with Crippen LogP contribution in [0.5, 0.6) is 0 Å². The molecule has 140 valence electrons. The van der Waals surface area contributed by atoms with Crippen LogP contribution in [0.25, 0.3) is 0 Å². The van der Waals surface area contributed by atoms with Crippen LogP contribution < -0.4 is 10.6 Å². The summed E-state index contributed by atoms with van der Waals surface area (Å²) in [6, 6.07) is 5.22. The molecule has 2 N–H and O–H groups in total. The predicted molar refractivity (Wildman–Crippen MR) is 95.9 cm³/mol. The maximum absolute atomic E-state index is 13.4. The second-order valence-electron chi connectivity index (χ2n) is 5.69. The SMILES string of the molecule is CSCCC(NC(=O)c1ccco1)C(=O)NC(C)c1ccc(F)c(F)c1. The molecule has 0 spiro atoms. The lowest BCUT2D eigenvalue weighted by molar-refractivity contribution is -0.123. The van der Waals surface area contributed by atoms with Gasteiger partial charge in [-0.05, 0) is 55.2 Å². The van der Waals surface area contributed by atoms with E-state index in [4.69, 9.17) is 4.42 Å². The Kier molecular flexibility index (Phi) is 7.20. The Morgan fingerprint density at radius 3 is 2.58 bits per heavy atom. The Morgan fingerprint density at radius 2 is 1.96 bits per heavy atom. The van der Waals surface area contributed by atoms with Gasteiger partial charge in [-0.1, -0.05) is 6.07 Å². The van der Waals surface area contributed by atoms with Gasteiger partial charge in [-0.25, -0.2) is 8.78 Å². The van der Waals surface area contributed by atoms with Gasteiger partial charge in [-0.2, -0.15) is 11.8 Å². The van der Waals surface area contributed by atoms with Crippen molar-refractivity contribution in [3.8, 4) is 0 Å². The normalized spacial score (nSPS) is 13.1. The van der Waals surface area contributed by atoms with Crippen molar-refractivity contribution in [3.63, 3.8) is 0 Å². The van der Waals surface area contributed by atoms with E-state index in [1.54, 1.807) is 24.8 Å². The molecule has 26 heavy (non-hydrogen) atoms. The van der Waals surface area contributed by atoms with Gasteiger partial charge in [0.1, 0.15) is 6.04 Å². The van der Waals surface area contributed by atoms with Crippen LogP contribution in [0.4, 0.5) is 8.78 Å². The van der Waals surface area contributed by atoms with Crippen molar-refractivity contribution in [2.75, 3.05) is 12.0 Å². The second-order valence-corrected chi connectivity index (χ2v) is 6.67. The third-order valence-electron chi connectivity index (χ3n) is 3.78. The molecule has 0 aliphatic heterocycles. The van der Waals surface area contributed by atoms with Gasteiger partial charge in [-0.15, -0.1) is 0 Å². The zero-order valence-electron chi connectivity index (χ0n) is 14.4. The number of halogens is 2. The number of rotatable bonds is 8. The maximum atomic E-state index is 13.4. The fourth-order valence-electron chi connectivity index (χ4n) is 2.32. The van der Waals surface area contributed by atoms with Crippen molar-refractivity contribution >= 4 is 23.6 Å². The number of benzene rings is 1. The van der Waals surface area contributed by atoms with Crippen molar-refractivity contribution < 1.29 is 22.8 Å². The van der Waals surface area contributed by atoms with Gasteiger partial charge in [0.05, 0.1) is 12.3 Å². The minimum Gasteiger partial charge on any atom is -0.459 e. The number of nitrogens with one attached hydrogen (secondary N) is 2. The van der Waals surface area contributed by atoms with Crippen LogP contribution in [0.1, 0.15) is 35.5 Å². The lowest BCUT2D eigenvalue weighted by Crippen LogP contribution is -2.47. The van der Waals surface area contributed by atoms with Crippen LogP contribution in [0.15, 0.2) is 41.0 Å². The molecule has 0 aliphatic carbocycles. The number of thioether (sulfide) groups is 1. The molecule has 2 unspecified atom stereocenters. The quantitative estimate of drug-likeness (QED) is 0.735. The zero-order chi connectivity index (χ0) is 19.1. The second kappa shape index (κ2) is 9.38. The number of hydrogen-bond donors (Lipinski definition) is 2. The molecule has 0 bridgehead atoms. The monoisotopic (exact) mass is 382 g/mol. The first-order chi connectivity index (χ1) is 12.4. The van der Waals surface area contributed by atoms with E-state index in [2.05, 4.69) is 10.6 Å². The van der Waals surface area contributed by atoms with E-state index in [0.29, 0.717) is 17.7 Å². The Labute approximate surface area is 154 Å². The summed E-state index contributed by atoms with van der Waals surface area (Å²) in [4.78, 5) is 24.7. The summed E-state index contributed by atoms with van der Waals surface area (Å²) in [5.41, 5.74) is 0.429. The molecule has 5 nitrogen and oxygen atoms in total. The van der Waals surface area contributed by atoms with Crippen LogP contribution in [-0.2, 0) is 4.79 Å². The van der Waals surface area contributed by atoms with Crippen molar-refractivity contribution in [1.29, 1.82) is 0 Å². The van der Waals surface area contributed by atoms with E-state index in [0.717, 1.165) is 12.1 Å². The van der Waals surface area contributed by atoms with E-state index in [1.165, 1.54) is 18.4 Å². The van der Waals surface area contributed by atoms with Crippen LogP contribution >= 0.6 is 11.8 Å². The highest BCUT2D eigenvalue weighted by Crippen LogP contribution is 2.16. The molecule has 0 saturated carbocycles. The highest BCUT2D eigenvalue weighted by molar-refractivity contribution is 7.98. The van der Waals surface area contributed by atoms with Crippen molar-refractivity contribution in [1.82, 2.24) is 10.6 Å². The average Bonchev–Trinajstić information content (AvgIpc) is 3.15. The summed E-state index contributed by atoms with van der Waals surface area (Å²) in [6.45, 7) is 1.66. The molecule has 1 aromatic heterocycles. The van der Waals surface area contributed by atoms with Gasteiger partial charge in [0.15, 0.2) is 17.4 Å². The summed E-state index contributed by atoms with van der Waals surface area (Å²) in [6.07, 6.45) is 3.69. The molecule has 2 amide bonds. The molecule has 1 aromatic carbocycles.